The van der Waals surface area contributed by atoms with Crippen molar-refractivity contribution in [3.63, 3.8) is 0 Å². The van der Waals surface area contributed by atoms with Gasteiger partial charge >= 0.3 is 0 Å². The fourth-order valence-electron chi connectivity index (χ4n) is 1.29. The summed E-state index contributed by atoms with van der Waals surface area (Å²) < 4.78 is 5.38. The molecule has 1 aliphatic heterocycles. The molecule has 62 valence electrons. The molecule has 0 amide bonds. The van der Waals surface area contributed by atoms with Crippen molar-refractivity contribution >= 4 is 17.4 Å². The standard InChI is InChI=1S/C9H9NOS/c1-6-3-2-4-7-5-10-9(12)11-8(6)7/h2-4H,5H2,1H3,(H,10,12). The predicted octanol–water partition coefficient (Wildman–Crippen LogP) is 1.76. The summed E-state index contributed by atoms with van der Waals surface area (Å²) in [5.74, 6) is 0.918. The average Bonchev–Trinajstić information content (AvgIpc) is 2.07. The number of hydrogen-bond acceptors (Lipinski definition) is 2. The minimum Gasteiger partial charge on any atom is -0.431 e. The van der Waals surface area contributed by atoms with Gasteiger partial charge in [0.25, 0.3) is 5.17 Å². The van der Waals surface area contributed by atoms with Gasteiger partial charge < -0.3 is 10.1 Å². The number of para-hydroxylation sites is 1. The lowest BCUT2D eigenvalue weighted by atomic mass is 10.1. The van der Waals surface area contributed by atoms with Gasteiger partial charge in [-0.3, -0.25) is 0 Å². The number of nitrogens with one attached hydrogen (secondary N) is 1. The Bertz CT molecular complexity index is 335. The van der Waals surface area contributed by atoms with Crippen LogP contribution in [0.5, 0.6) is 5.75 Å². The molecule has 2 nitrogen and oxygen atoms in total. The molecule has 1 heterocycles. The summed E-state index contributed by atoms with van der Waals surface area (Å²) in [4.78, 5) is 0. The van der Waals surface area contributed by atoms with Crippen LogP contribution >= 0.6 is 12.2 Å². The van der Waals surface area contributed by atoms with Crippen molar-refractivity contribution in [1.82, 2.24) is 5.32 Å². The molecule has 0 saturated carbocycles. The van der Waals surface area contributed by atoms with Crippen molar-refractivity contribution in [2.24, 2.45) is 0 Å². The third-order valence-corrected chi connectivity index (χ3v) is 2.14. The smallest absolute Gasteiger partial charge is 0.262 e. The third kappa shape index (κ3) is 1.16. The Balaban J connectivity index is 2.50. The van der Waals surface area contributed by atoms with Crippen molar-refractivity contribution in [1.29, 1.82) is 0 Å². The van der Waals surface area contributed by atoms with E-state index in [0.717, 1.165) is 17.9 Å². The van der Waals surface area contributed by atoms with Crippen molar-refractivity contribution in [3.05, 3.63) is 29.3 Å². The normalized spacial score (nSPS) is 14.6. The van der Waals surface area contributed by atoms with Gasteiger partial charge in [-0.2, -0.15) is 0 Å². The number of rotatable bonds is 0. The monoisotopic (exact) mass is 179 g/mol. The van der Waals surface area contributed by atoms with E-state index in [9.17, 15) is 0 Å². The topological polar surface area (TPSA) is 21.3 Å². The highest BCUT2D eigenvalue weighted by molar-refractivity contribution is 7.80. The largest absolute Gasteiger partial charge is 0.431 e. The van der Waals surface area contributed by atoms with Crippen LogP contribution in [0, 0.1) is 6.92 Å². The van der Waals surface area contributed by atoms with E-state index in [1.165, 1.54) is 5.56 Å². The number of benzene rings is 1. The SMILES string of the molecule is Cc1cccc2c1OC(=S)NC2. The molecule has 0 spiro atoms. The van der Waals surface area contributed by atoms with Crippen LogP contribution in [0.1, 0.15) is 11.1 Å². The minimum atomic E-state index is 0.469. The Kier molecular flexibility index (Phi) is 1.73. The van der Waals surface area contributed by atoms with E-state index in [4.69, 9.17) is 17.0 Å². The van der Waals surface area contributed by atoms with E-state index in [-0.39, 0.29) is 0 Å². The molecule has 1 aromatic rings. The van der Waals surface area contributed by atoms with Crippen LogP contribution in [-0.4, -0.2) is 5.17 Å². The van der Waals surface area contributed by atoms with Crippen LogP contribution in [-0.2, 0) is 6.54 Å². The van der Waals surface area contributed by atoms with Gasteiger partial charge in [-0.05, 0) is 24.7 Å². The second-order valence-corrected chi connectivity index (χ2v) is 3.18. The first kappa shape index (κ1) is 7.55. The molecule has 3 heteroatoms. The Morgan fingerprint density at radius 3 is 3.17 bits per heavy atom. The summed E-state index contributed by atoms with van der Waals surface area (Å²) in [6, 6.07) is 6.08. The summed E-state index contributed by atoms with van der Waals surface area (Å²) in [5, 5.41) is 3.44. The van der Waals surface area contributed by atoms with Crippen LogP contribution in [0.25, 0.3) is 0 Å². The van der Waals surface area contributed by atoms with Gasteiger partial charge in [-0.15, -0.1) is 0 Å². The predicted molar refractivity (Wildman–Crippen MR) is 51.2 cm³/mol. The molecule has 0 atom stereocenters. The van der Waals surface area contributed by atoms with Gasteiger partial charge in [-0.1, -0.05) is 18.2 Å². The highest BCUT2D eigenvalue weighted by atomic mass is 32.1. The molecule has 12 heavy (non-hydrogen) atoms. The van der Waals surface area contributed by atoms with Crippen molar-refractivity contribution in [3.8, 4) is 5.75 Å². The zero-order valence-electron chi connectivity index (χ0n) is 6.76. The lowest BCUT2D eigenvalue weighted by Crippen LogP contribution is -2.31. The van der Waals surface area contributed by atoms with Crippen LogP contribution < -0.4 is 10.1 Å². The Labute approximate surface area is 76.5 Å². The van der Waals surface area contributed by atoms with Crippen LogP contribution in [0.2, 0.25) is 0 Å². The maximum atomic E-state index is 5.38. The lowest BCUT2D eigenvalue weighted by molar-refractivity contribution is 0.494. The molecular formula is C9H9NOS. The van der Waals surface area contributed by atoms with Gasteiger partial charge in [-0.25, -0.2) is 0 Å². The van der Waals surface area contributed by atoms with Crippen molar-refractivity contribution in [2.45, 2.75) is 13.5 Å². The van der Waals surface area contributed by atoms with Gasteiger partial charge in [0.1, 0.15) is 5.75 Å². The molecule has 1 aromatic carbocycles. The van der Waals surface area contributed by atoms with Gasteiger partial charge in [0.2, 0.25) is 0 Å². The number of hydrogen-bond donors (Lipinski definition) is 1. The molecule has 1 N–H and O–H groups in total. The quantitative estimate of drug-likeness (QED) is 0.613. The first-order valence-electron chi connectivity index (χ1n) is 3.81. The molecule has 0 fully saturated rings. The zero-order valence-corrected chi connectivity index (χ0v) is 7.57. The molecule has 0 aromatic heterocycles. The highest BCUT2D eigenvalue weighted by Gasteiger charge is 2.14. The number of fused-ring (bicyclic) bond motifs is 1. The summed E-state index contributed by atoms with van der Waals surface area (Å²) in [6.07, 6.45) is 0. The molecule has 0 saturated heterocycles. The molecule has 0 radical (unpaired) electrons. The number of aryl methyl sites for hydroxylation is 1. The molecule has 0 bridgehead atoms. The average molecular weight is 179 g/mol. The summed E-state index contributed by atoms with van der Waals surface area (Å²) in [6.45, 7) is 2.79. The summed E-state index contributed by atoms with van der Waals surface area (Å²) in [5.41, 5.74) is 2.31. The zero-order chi connectivity index (χ0) is 8.55. The second kappa shape index (κ2) is 2.75. The fraction of sp³-hybridized carbons (Fsp3) is 0.222. The molecular weight excluding hydrogens is 170 g/mol. The Morgan fingerprint density at radius 1 is 1.50 bits per heavy atom. The van der Waals surface area contributed by atoms with Crippen LogP contribution in [0.3, 0.4) is 0 Å². The Morgan fingerprint density at radius 2 is 2.33 bits per heavy atom. The van der Waals surface area contributed by atoms with Crippen molar-refractivity contribution < 1.29 is 4.74 Å². The van der Waals surface area contributed by atoms with E-state index in [2.05, 4.69) is 5.32 Å². The minimum absolute atomic E-state index is 0.469. The maximum Gasteiger partial charge on any atom is 0.262 e. The summed E-state index contributed by atoms with van der Waals surface area (Å²) in [7, 11) is 0. The second-order valence-electron chi connectivity index (χ2n) is 2.81. The highest BCUT2D eigenvalue weighted by Crippen LogP contribution is 2.25. The lowest BCUT2D eigenvalue weighted by Gasteiger charge is -2.20. The van der Waals surface area contributed by atoms with E-state index in [0.29, 0.717) is 5.17 Å². The van der Waals surface area contributed by atoms with E-state index >= 15 is 0 Å². The van der Waals surface area contributed by atoms with Gasteiger partial charge in [0.15, 0.2) is 0 Å². The number of ether oxygens (including phenoxy) is 1. The van der Waals surface area contributed by atoms with E-state index < -0.39 is 0 Å². The Hall–Kier alpha value is -1.09. The molecule has 2 rings (SSSR count). The first-order valence-corrected chi connectivity index (χ1v) is 4.22. The van der Waals surface area contributed by atoms with Gasteiger partial charge in [0, 0.05) is 12.1 Å². The van der Waals surface area contributed by atoms with Gasteiger partial charge in [0.05, 0.1) is 0 Å². The van der Waals surface area contributed by atoms with E-state index in [1.54, 1.807) is 0 Å². The maximum absolute atomic E-state index is 5.38. The summed E-state index contributed by atoms with van der Waals surface area (Å²) >= 11 is 4.91. The third-order valence-electron chi connectivity index (χ3n) is 1.91. The first-order chi connectivity index (χ1) is 5.77. The van der Waals surface area contributed by atoms with Crippen LogP contribution in [0.4, 0.5) is 0 Å². The van der Waals surface area contributed by atoms with Crippen molar-refractivity contribution in [2.75, 3.05) is 0 Å². The molecule has 0 unspecified atom stereocenters. The van der Waals surface area contributed by atoms with Crippen LogP contribution in [0.15, 0.2) is 18.2 Å². The van der Waals surface area contributed by atoms with E-state index in [1.807, 2.05) is 25.1 Å². The molecule has 1 aliphatic rings. The number of thiocarbonyl (C=S) groups is 1. The fourth-order valence-corrected chi connectivity index (χ4v) is 1.45. The molecule has 0 aliphatic carbocycles.